The van der Waals surface area contributed by atoms with Crippen molar-refractivity contribution in [3.05, 3.63) is 23.3 Å². The molecule has 0 saturated carbocycles. The van der Waals surface area contributed by atoms with Gasteiger partial charge in [-0.3, -0.25) is 0 Å². The molecule has 0 heterocycles. The van der Waals surface area contributed by atoms with Gasteiger partial charge < -0.3 is 20.7 Å². The van der Waals surface area contributed by atoms with E-state index in [1.807, 2.05) is 6.92 Å². The van der Waals surface area contributed by atoms with Crippen molar-refractivity contribution in [3.63, 3.8) is 0 Å². The van der Waals surface area contributed by atoms with Crippen molar-refractivity contribution >= 4 is 0 Å². The number of phenols is 1. The number of rotatable bonds is 3. The Labute approximate surface area is 82.9 Å². The van der Waals surface area contributed by atoms with Crippen LogP contribution in [0.1, 0.15) is 17.2 Å². The van der Waals surface area contributed by atoms with E-state index in [4.69, 9.17) is 10.5 Å². The van der Waals surface area contributed by atoms with Crippen LogP contribution in [0.15, 0.2) is 12.1 Å². The van der Waals surface area contributed by atoms with Gasteiger partial charge in [0.15, 0.2) is 11.5 Å². The molecule has 4 heteroatoms. The van der Waals surface area contributed by atoms with E-state index in [1.54, 1.807) is 12.1 Å². The molecule has 0 aromatic heterocycles. The first-order valence-electron chi connectivity index (χ1n) is 4.36. The highest BCUT2D eigenvalue weighted by Crippen LogP contribution is 2.35. The molecule has 1 atom stereocenters. The van der Waals surface area contributed by atoms with E-state index in [9.17, 15) is 10.2 Å². The SMILES string of the molecule is COc1c(C)ccc(C(O)CN)c1O. The molecule has 78 valence electrons. The van der Waals surface area contributed by atoms with Gasteiger partial charge in [-0.2, -0.15) is 0 Å². The molecule has 0 aliphatic rings. The van der Waals surface area contributed by atoms with E-state index in [-0.39, 0.29) is 12.3 Å². The van der Waals surface area contributed by atoms with Crippen molar-refractivity contribution in [1.29, 1.82) is 0 Å². The lowest BCUT2D eigenvalue weighted by Crippen LogP contribution is -2.12. The molecule has 0 spiro atoms. The maximum absolute atomic E-state index is 9.73. The zero-order valence-corrected chi connectivity index (χ0v) is 8.32. The molecule has 4 nitrogen and oxygen atoms in total. The van der Waals surface area contributed by atoms with E-state index in [0.29, 0.717) is 11.3 Å². The summed E-state index contributed by atoms with van der Waals surface area (Å²) in [5.74, 6) is 0.348. The van der Waals surface area contributed by atoms with Crippen LogP contribution in [0.2, 0.25) is 0 Å². The van der Waals surface area contributed by atoms with Crippen LogP contribution >= 0.6 is 0 Å². The lowest BCUT2D eigenvalue weighted by molar-refractivity contribution is 0.181. The normalized spacial score (nSPS) is 12.6. The van der Waals surface area contributed by atoms with Gasteiger partial charge >= 0.3 is 0 Å². The summed E-state index contributed by atoms with van der Waals surface area (Å²) in [6.45, 7) is 1.89. The number of ether oxygens (including phenoxy) is 1. The van der Waals surface area contributed by atoms with E-state index >= 15 is 0 Å². The summed E-state index contributed by atoms with van der Waals surface area (Å²) in [4.78, 5) is 0. The lowest BCUT2D eigenvalue weighted by atomic mass is 10.0. The Kier molecular flexibility index (Phi) is 3.33. The van der Waals surface area contributed by atoms with Gasteiger partial charge in [-0.05, 0) is 12.5 Å². The van der Waals surface area contributed by atoms with Gasteiger partial charge in [0, 0.05) is 12.1 Å². The quantitative estimate of drug-likeness (QED) is 0.666. The Morgan fingerprint density at radius 2 is 2.14 bits per heavy atom. The molecule has 14 heavy (non-hydrogen) atoms. The zero-order valence-electron chi connectivity index (χ0n) is 8.32. The third-order valence-electron chi connectivity index (χ3n) is 2.15. The number of phenolic OH excluding ortho intramolecular Hbond substituents is 1. The summed E-state index contributed by atoms with van der Waals surface area (Å²) < 4.78 is 5.01. The van der Waals surface area contributed by atoms with Gasteiger partial charge in [-0.15, -0.1) is 0 Å². The van der Waals surface area contributed by atoms with Crippen LogP contribution in [-0.2, 0) is 0 Å². The number of aliphatic hydroxyl groups excluding tert-OH is 1. The maximum Gasteiger partial charge on any atom is 0.163 e. The van der Waals surface area contributed by atoms with Crippen LogP contribution in [0, 0.1) is 6.92 Å². The summed E-state index contributed by atoms with van der Waals surface area (Å²) in [6.07, 6.45) is -0.857. The Bertz CT molecular complexity index is 325. The maximum atomic E-state index is 9.73. The number of hydrogen-bond donors (Lipinski definition) is 3. The molecule has 1 unspecified atom stereocenters. The molecule has 0 saturated heterocycles. The lowest BCUT2D eigenvalue weighted by Gasteiger charge is -2.14. The van der Waals surface area contributed by atoms with Gasteiger partial charge in [0.1, 0.15) is 0 Å². The monoisotopic (exact) mass is 197 g/mol. The van der Waals surface area contributed by atoms with Crippen LogP contribution in [-0.4, -0.2) is 23.9 Å². The first-order valence-corrected chi connectivity index (χ1v) is 4.36. The zero-order chi connectivity index (χ0) is 10.7. The number of hydrogen-bond acceptors (Lipinski definition) is 4. The van der Waals surface area contributed by atoms with Crippen LogP contribution in [0.5, 0.6) is 11.5 Å². The molecule has 1 aromatic rings. The van der Waals surface area contributed by atoms with Gasteiger partial charge in [-0.25, -0.2) is 0 Å². The third kappa shape index (κ3) is 1.81. The molecule has 0 bridgehead atoms. The van der Waals surface area contributed by atoms with Crippen molar-refractivity contribution in [1.82, 2.24) is 0 Å². The fraction of sp³-hybridized carbons (Fsp3) is 0.400. The van der Waals surface area contributed by atoms with Crippen molar-refractivity contribution in [2.45, 2.75) is 13.0 Å². The topological polar surface area (TPSA) is 75.7 Å². The Hall–Kier alpha value is -1.26. The molecular formula is C10H15NO3. The first-order chi connectivity index (χ1) is 6.61. The molecule has 1 rings (SSSR count). The number of methoxy groups -OCH3 is 1. The summed E-state index contributed by atoms with van der Waals surface area (Å²) >= 11 is 0. The highest BCUT2D eigenvalue weighted by Gasteiger charge is 2.15. The van der Waals surface area contributed by atoms with Gasteiger partial charge in [0.25, 0.3) is 0 Å². The molecule has 0 fully saturated rings. The van der Waals surface area contributed by atoms with Crippen LogP contribution < -0.4 is 10.5 Å². The van der Waals surface area contributed by atoms with Crippen LogP contribution in [0.3, 0.4) is 0 Å². The second-order valence-corrected chi connectivity index (χ2v) is 3.11. The number of aromatic hydroxyl groups is 1. The minimum atomic E-state index is -0.857. The summed E-state index contributed by atoms with van der Waals surface area (Å²) in [5.41, 5.74) is 6.52. The van der Waals surface area contributed by atoms with Gasteiger partial charge in [0.05, 0.1) is 13.2 Å². The average Bonchev–Trinajstić information content (AvgIpc) is 2.18. The average molecular weight is 197 g/mol. The van der Waals surface area contributed by atoms with E-state index in [0.717, 1.165) is 5.56 Å². The molecule has 1 aromatic carbocycles. The smallest absolute Gasteiger partial charge is 0.163 e. The molecule has 0 radical (unpaired) electrons. The first kappa shape index (κ1) is 10.8. The highest BCUT2D eigenvalue weighted by atomic mass is 16.5. The van der Waals surface area contributed by atoms with Crippen molar-refractivity contribution in [2.75, 3.05) is 13.7 Å². The molecule has 0 aliphatic carbocycles. The second-order valence-electron chi connectivity index (χ2n) is 3.11. The molecular weight excluding hydrogens is 182 g/mol. The number of aryl methyl sites for hydroxylation is 1. The van der Waals surface area contributed by atoms with E-state index < -0.39 is 6.10 Å². The summed E-state index contributed by atoms with van der Waals surface area (Å²) in [5, 5.41) is 19.2. The highest BCUT2D eigenvalue weighted by molar-refractivity contribution is 5.51. The Balaban J connectivity index is 3.21. The third-order valence-corrected chi connectivity index (χ3v) is 2.15. The van der Waals surface area contributed by atoms with Crippen LogP contribution in [0.4, 0.5) is 0 Å². The number of aliphatic hydroxyl groups is 1. The molecule has 4 N–H and O–H groups in total. The predicted molar refractivity (Wildman–Crippen MR) is 53.4 cm³/mol. The van der Waals surface area contributed by atoms with Crippen molar-refractivity contribution in [3.8, 4) is 11.5 Å². The second kappa shape index (κ2) is 4.30. The molecule has 0 amide bonds. The fourth-order valence-electron chi connectivity index (χ4n) is 1.34. The Morgan fingerprint density at radius 1 is 1.50 bits per heavy atom. The predicted octanol–water partition coefficient (Wildman–Crippen LogP) is 0.701. The minimum Gasteiger partial charge on any atom is -0.504 e. The van der Waals surface area contributed by atoms with Crippen LogP contribution in [0.25, 0.3) is 0 Å². The minimum absolute atomic E-state index is 0.0366. The summed E-state index contributed by atoms with van der Waals surface area (Å²) in [7, 11) is 1.47. The number of benzene rings is 1. The van der Waals surface area contributed by atoms with E-state index in [1.165, 1.54) is 7.11 Å². The largest absolute Gasteiger partial charge is 0.504 e. The standard InChI is InChI=1S/C10H15NO3/c1-6-3-4-7(8(12)5-11)9(13)10(6)14-2/h3-4,8,12-13H,5,11H2,1-2H3. The van der Waals surface area contributed by atoms with Gasteiger partial charge in [-0.1, -0.05) is 12.1 Å². The van der Waals surface area contributed by atoms with Gasteiger partial charge in [0.2, 0.25) is 0 Å². The summed E-state index contributed by atoms with van der Waals surface area (Å²) in [6, 6.07) is 3.41. The number of nitrogens with two attached hydrogens (primary N) is 1. The molecule has 0 aliphatic heterocycles. The van der Waals surface area contributed by atoms with Crippen molar-refractivity contribution < 1.29 is 14.9 Å². The van der Waals surface area contributed by atoms with Crippen molar-refractivity contribution in [2.24, 2.45) is 5.73 Å². The fourth-order valence-corrected chi connectivity index (χ4v) is 1.34. The van der Waals surface area contributed by atoms with E-state index in [2.05, 4.69) is 0 Å². The Morgan fingerprint density at radius 3 is 2.64 bits per heavy atom.